The Kier molecular flexibility index (Phi) is 6.40. The number of ether oxygens (including phenoxy) is 1. The molecule has 0 fully saturated rings. The van der Waals surface area contributed by atoms with Crippen LogP contribution in [0.3, 0.4) is 0 Å². The van der Waals surface area contributed by atoms with Crippen LogP contribution in [0.4, 0.5) is 0 Å². The molecular weight excluding hydrogens is 356 g/mol. The van der Waals surface area contributed by atoms with Gasteiger partial charge in [-0.3, -0.25) is 4.99 Å². The normalized spacial score (nSPS) is 11.2. The number of rotatable bonds is 5. The van der Waals surface area contributed by atoms with Gasteiger partial charge in [-0.1, -0.05) is 40.2 Å². The van der Waals surface area contributed by atoms with E-state index in [1.165, 1.54) is 5.56 Å². The standard InChI is InChI=1S/C17H21BrN4O/c1-19-17(20-11-14-8-6-10-16(21-14)23-3)22(2)12-13-7-4-5-9-15(13)18/h4-10H,11-12H2,1-3H3,(H,19,20). The Morgan fingerprint density at radius 2 is 2.04 bits per heavy atom. The molecule has 2 aromatic rings. The summed E-state index contributed by atoms with van der Waals surface area (Å²) in [6, 6.07) is 13.9. The third-order valence-electron chi connectivity index (χ3n) is 3.36. The summed E-state index contributed by atoms with van der Waals surface area (Å²) in [4.78, 5) is 10.8. The van der Waals surface area contributed by atoms with Crippen LogP contribution in [0.15, 0.2) is 51.9 Å². The number of hydrogen-bond donors (Lipinski definition) is 1. The number of aliphatic imine (C=N–C) groups is 1. The molecule has 0 saturated heterocycles. The third kappa shape index (κ3) is 4.96. The molecular formula is C17H21BrN4O. The lowest BCUT2D eigenvalue weighted by atomic mass is 10.2. The fourth-order valence-corrected chi connectivity index (χ4v) is 2.59. The first-order valence-electron chi connectivity index (χ1n) is 7.29. The van der Waals surface area contributed by atoms with E-state index in [4.69, 9.17) is 4.74 Å². The number of hydrogen-bond acceptors (Lipinski definition) is 3. The van der Waals surface area contributed by atoms with Crippen LogP contribution >= 0.6 is 15.9 Å². The zero-order chi connectivity index (χ0) is 16.7. The molecule has 122 valence electrons. The van der Waals surface area contributed by atoms with E-state index in [-0.39, 0.29) is 0 Å². The quantitative estimate of drug-likeness (QED) is 0.643. The van der Waals surface area contributed by atoms with Crippen LogP contribution < -0.4 is 10.1 Å². The van der Waals surface area contributed by atoms with E-state index in [0.717, 1.165) is 22.7 Å². The Balaban J connectivity index is 1.98. The fraction of sp³-hybridized carbons (Fsp3) is 0.294. The van der Waals surface area contributed by atoms with Crippen LogP contribution in [-0.4, -0.2) is 37.0 Å². The van der Waals surface area contributed by atoms with Crippen molar-refractivity contribution in [3.05, 3.63) is 58.2 Å². The van der Waals surface area contributed by atoms with Crippen molar-refractivity contribution in [1.29, 1.82) is 0 Å². The Bertz CT molecular complexity index is 675. The van der Waals surface area contributed by atoms with Gasteiger partial charge in [0.05, 0.1) is 19.3 Å². The highest BCUT2D eigenvalue weighted by Crippen LogP contribution is 2.17. The van der Waals surface area contributed by atoms with Gasteiger partial charge in [0.2, 0.25) is 5.88 Å². The van der Waals surface area contributed by atoms with Crippen LogP contribution in [0.25, 0.3) is 0 Å². The van der Waals surface area contributed by atoms with Gasteiger partial charge in [-0.15, -0.1) is 0 Å². The van der Waals surface area contributed by atoms with E-state index < -0.39 is 0 Å². The largest absolute Gasteiger partial charge is 0.481 e. The number of benzene rings is 1. The number of aromatic nitrogens is 1. The highest BCUT2D eigenvalue weighted by atomic mass is 79.9. The number of halogens is 1. The van der Waals surface area contributed by atoms with E-state index in [2.05, 4.69) is 42.2 Å². The molecule has 0 saturated carbocycles. The Hall–Kier alpha value is -2.08. The van der Waals surface area contributed by atoms with Gasteiger partial charge in [-0.2, -0.15) is 0 Å². The van der Waals surface area contributed by atoms with Crippen molar-refractivity contribution in [2.45, 2.75) is 13.1 Å². The monoisotopic (exact) mass is 376 g/mol. The summed E-state index contributed by atoms with van der Waals surface area (Å²) in [6.07, 6.45) is 0. The minimum atomic E-state index is 0.587. The molecule has 0 atom stereocenters. The maximum atomic E-state index is 5.14. The molecule has 1 aromatic carbocycles. The van der Waals surface area contributed by atoms with Crippen molar-refractivity contribution in [3.8, 4) is 5.88 Å². The highest BCUT2D eigenvalue weighted by Gasteiger charge is 2.09. The molecule has 0 amide bonds. The van der Waals surface area contributed by atoms with Crippen molar-refractivity contribution < 1.29 is 4.74 Å². The first-order valence-corrected chi connectivity index (χ1v) is 8.08. The number of nitrogens with one attached hydrogen (secondary N) is 1. The SMILES string of the molecule is CN=C(NCc1cccc(OC)n1)N(C)Cc1ccccc1Br. The Morgan fingerprint density at radius 3 is 2.74 bits per heavy atom. The summed E-state index contributed by atoms with van der Waals surface area (Å²) >= 11 is 3.58. The number of nitrogens with zero attached hydrogens (tertiary/aromatic N) is 3. The molecule has 1 N–H and O–H groups in total. The smallest absolute Gasteiger partial charge is 0.213 e. The molecule has 23 heavy (non-hydrogen) atoms. The highest BCUT2D eigenvalue weighted by molar-refractivity contribution is 9.10. The molecule has 0 unspecified atom stereocenters. The van der Waals surface area contributed by atoms with E-state index >= 15 is 0 Å². The van der Waals surface area contributed by atoms with E-state index in [9.17, 15) is 0 Å². The van der Waals surface area contributed by atoms with Crippen LogP contribution in [0, 0.1) is 0 Å². The van der Waals surface area contributed by atoms with Crippen molar-refractivity contribution in [2.24, 2.45) is 4.99 Å². The van der Waals surface area contributed by atoms with Crippen LogP contribution in [0.1, 0.15) is 11.3 Å². The zero-order valence-electron chi connectivity index (χ0n) is 13.6. The molecule has 2 rings (SSSR count). The lowest BCUT2D eigenvalue weighted by molar-refractivity contribution is 0.396. The molecule has 0 aliphatic rings. The van der Waals surface area contributed by atoms with Crippen molar-refractivity contribution in [3.63, 3.8) is 0 Å². The summed E-state index contributed by atoms with van der Waals surface area (Å²) in [5.41, 5.74) is 2.11. The molecule has 0 radical (unpaired) electrons. The molecule has 0 aliphatic carbocycles. The lowest BCUT2D eigenvalue weighted by Crippen LogP contribution is -2.38. The molecule has 0 bridgehead atoms. The molecule has 1 heterocycles. The molecule has 1 aromatic heterocycles. The Morgan fingerprint density at radius 1 is 1.26 bits per heavy atom. The average Bonchev–Trinajstić information content (AvgIpc) is 2.57. The topological polar surface area (TPSA) is 49.8 Å². The van der Waals surface area contributed by atoms with Gasteiger partial charge in [0.25, 0.3) is 0 Å². The van der Waals surface area contributed by atoms with Gasteiger partial charge in [-0.25, -0.2) is 4.98 Å². The zero-order valence-corrected chi connectivity index (χ0v) is 15.2. The second-order valence-corrected chi connectivity index (χ2v) is 5.87. The summed E-state index contributed by atoms with van der Waals surface area (Å²) in [7, 11) is 5.40. The average molecular weight is 377 g/mol. The summed E-state index contributed by atoms with van der Waals surface area (Å²) in [5, 5.41) is 3.32. The second-order valence-electron chi connectivity index (χ2n) is 5.02. The van der Waals surface area contributed by atoms with Gasteiger partial charge in [0.1, 0.15) is 0 Å². The van der Waals surface area contributed by atoms with Gasteiger partial charge >= 0.3 is 0 Å². The number of guanidine groups is 1. The van der Waals surface area contributed by atoms with Crippen LogP contribution in [0.5, 0.6) is 5.88 Å². The summed E-state index contributed by atoms with van der Waals surface area (Å²) in [6.45, 7) is 1.34. The lowest BCUT2D eigenvalue weighted by Gasteiger charge is -2.22. The first-order chi connectivity index (χ1) is 11.1. The molecule has 5 nitrogen and oxygen atoms in total. The minimum Gasteiger partial charge on any atom is -0.481 e. The van der Waals surface area contributed by atoms with Crippen molar-refractivity contribution >= 4 is 21.9 Å². The second kappa shape index (κ2) is 8.53. The van der Waals surface area contributed by atoms with Crippen molar-refractivity contribution in [2.75, 3.05) is 21.2 Å². The van der Waals surface area contributed by atoms with Gasteiger partial charge in [-0.05, 0) is 17.7 Å². The summed E-state index contributed by atoms with van der Waals surface area (Å²) in [5.74, 6) is 1.42. The van der Waals surface area contributed by atoms with Gasteiger partial charge < -0.3 is 15.0 Å². The first kappa shape index (κ1) is 17.3. The van der Waals surface area contributed by atoms with Gasteiger partial charge in [0.15, 0.2) is 5.96 Å². The fourth-order valence-electron chi connectivity index (χ4n) is 2.18. The van der Waals surface area contributed by atoms with E-state index in [0.29, 0.717) is 12.4 Å². The third-order valence-corrected chi connectivity index (χ3v) is 4.13. The van der Waals surface area contributed by atoms with Crippen LogP contribution in [-0.2, 0) is 13.1 Å². The molecule has 0 aliphatic heterocycles. The minimum absolute atomic E-state index is 0.587. The van der Waals surface area contributed by atoms with Crippen LogP contribution in [0.2, 0.25) is 0 Å². The summed E-state index contributed by atoms with van der Waals surface area (Å²) < 4.78 is 6.24. The van der Waals surface area contributed by atoms with Gasteiger partial charge in [0, 0.05) is 31.2 Å². The van der Waals surface area contributed by atoms with Crippen molar-refractivity contribution in [1.82, 2.24) is 15.2 Å². The number of pyridine rings is 1. The molecule has 6 heteroatoms. The molecule has 0 spiro atoms. The maximum Gasteiger partial charge on any atom is 0.213 e. The maximum absolute atomic E-state index is 5.14. The number of methoxy groups -OCH3 is 1. The Labute approximate surface area is 145 Å². The predicted octanol–water partition coefficient (Wildman–Crippen LogP) is 3.06. The predicted molar refractivity (Wildman–Crippen MR) is 96.6 cm³/mol. The van der Waals surface area contributed by atoms with E-state index in [1.807, 2.05) is 43.4 Å². The van der Waals surface area contributed by atoms with E-state index in [1.54, 1.807) is 14.2 Å².